The van der Waals surface area contributed by atoms with Gasteiger partial charge in [-0.1, -0.05) is 37.1 Å². The van der Waals surface area contributed by atoms with Crippen molar-refractivity contribution in [1.82, 2.24) is 15.2 Å². The third-order valence-corrected chi connectivity index (χ3v) is 4.42. The lowest BCUT2D eigenvalue weighted by atomic mass is 9.77. The Kier molecular flexibility index (Phi) is 2.25. The highest BCUT2D eigenvalue weighted by atomic mass is 15.2. The first-order chi connectivity index (χ1) is 8.92. The molecule has 0 amide bonds. The maximum Gasteiger partial charge on any atom is 0.153 e. The topological polar surface area (TPSA) is 41.6 Å². The molecule has 0 aliphatic heterocycles. The molecule has 0 radical (unpaired) electrons. The molecule has 92 valence electrons. The fourth-order valence-electron chi connectivity index (χ4n) is 3.31. The molecular weight excluding hydrogens is 222 g/mol. The number of benzene rings is 1. The second kappa shape index (κ2) is 3.94. The summed E-state index contributed by atoms with van der Waals surface area (Å²) in [6, 6.07) is 8.64. The quantitative estimate of drug-likeness (QED) is 0.874. The third kappa shape index (κ3) is 1.50. The standard InChI is InChI=1S/C15H17N3/c1-2-6-10(5-1)14-16-15(18-17-14)13-9-11-7-3-4-8-12(11)13/h3-4,7-8,10,13H,1-2,5-6,9H2,(H,16,17,18). The van der Waals surface area contributed by atoms with Gasteiger partial charge in [0.1, 0.15) is 5.82 Å². The molecule has 2 aliphatic rings. The number of hydrogen-bond acceptors (Lipinski definition) is 2. The second-order valence-corrected chi connectivity index (χ2v) is 5.52. The number of H-pyrrole nitrogens is 1. The van der Waals surface area contributed by atoms with Gasteiger partial charge < -0.3 is 0 Å². The van der Waals surface area contributed by atoms with E-state index in [0.29, 0.717) is 11.8 Å². The number of aromatic nitrogens is 3. The number of nitrogens with zero attached hydrogens (tertiary/aromatic N) is 2. The van der Waals surface area contributed by atoms with Gasteiger partial charge in [-0.25, -0.2) is 4.98 Å². The van der Waals surface area contributed by atoms with Crippen molar-refractivity contribution in [2.24, 2.45) is 0 Å². The summed E-state index contributed by atoms with van der Waals surface area (Å²) in [6.45, 7) is 0. The molecule has 1 heterocycles. The number of aromatic amines is 1. The second-order valence-electron chi connectivity index (χ2n) is 5.52. The average molecular weight is 239 g/mol. The van der Waals surface area contributed by atoms with E-state index >= 15 is 0 Å². The minimum Gasteiger partial charge on any atom is -0.263 e. The van der Waals surface area contributed by atoms with E-state index in [0.717, 1.165) is 18.1 Å². The molecule has 1 unspecified atom stereocenters. The van der Waals surface area contributed by atoms with E-state index in [2.05, 4.69) is 34.5 Å². The summed E-state index contributed by atoms with van der Waals surface area (Å²) in [5.41, 5.74) is 2.88. The van der Waals surface area contributed by atoms with Gasteiger partial charge in [0.2, 0.25) is 0 Å². The van der Waals surface area contributed by atoms with Crippen molar-refractivity contribution in [2.75, 3.05) is 0 Å². The van der Waals surface area contributed by atoms with Gasteiger partial charge in [-0.05, 0) is 30.4 Å². The SMILES string of the molecule is c1ccc2c(c1)CC2c1nc(C2CCCC2)n[nH]1. The van der Waals surface area contributed by atoms with E-state index < -0.39 is 0 Å². The Balaban J connectivity index is 1.60. The molecule has 1 aromatic carbocycles. The Morgan fingerprint density at radius 3 is 2.78 bits per heavy atom. The molecule has 1 saturated carbocycles. The molecule has 0 bridgehead atoms. The third-order valence-electron chi connectivity index (χ3n) is 4.42. The summed E-state index contributed by atoms with van der Waals surface area (Å²) in [7, 11) is 0. The molecule has 1 N–H and O–H groups in total. The van der Waals surface area contributed by atoms with Crippen LogP contribution in [0.4, 0.5) is 0 Å². The van der Waals surface area contributed by atoms with Gasteiger partial charge in [-0.15, -0.1) is 0 Å². The first-order valence-electron chi connectivity index (χ1n) is 6.92. The van der Waals surface area contributed by atoms with Crippen LogP contribution in [-0.4, -0.2) is 15.2 Å². The van der Waals surface area contributed by atoms with Crippen LogP contribution in [0.15, 0.2) is 24.3 Å². The molecule has 18 heavy (non-hydrogen) atoms. The van der Waals surface area contributed by atoms with E-state index in [1.807, 2.05) is 0 Å². The summed E-state index contributed by atoms with van der Waals surface area (Å²) in [5, 5.41) is 7.60. The predicted octanol–water partition coefficient (Wildman–Crippen LogP) is 3.15. The Hall–Kier alpha value is -1.64. The molecular formula is C15H17N3. The van der Waals surface area contributed by atoms with Crippen LogP contribution in [0.1, 0.15) is 60.3 Å². The first kappa shape index (κ1) is 10.3. The van der Waals surface area contributed by atoms with Gasteiger partial charge >= 0.3 is 0 Å². The summed E-state index contributed by atoms with van der Waals surface area (Å²) < 4.78 is 0. The lowest BCUT2D eigenvalue weighted by Crippen LogP contribution is -2.19. The van der Waals surface area contributed by atoms with E-state index in [4.69, 9.17) is 4.98 Å². The normalized spacial score (nSPS) is 22.8. The molecule has 3 heteroatoms. The van der Waals surface area contributed by atoms with Gasteiger partial charge in [-0.2, -0.15) is 5.10 Å². The van der Waals surface area contributed by atoms with E-state index in [-0.39, 0.29) is 0 Å². The Bertz CT molecular complexity index is 567. The molecule has 0 spiro atoms. The number of rotatable bonds is 2. The van der Waals surface area contributed by atoms with Crippen molar-refractivity contribution < 1.29 is 0 Å². The van der Waals surface area contributed by atoms with Gasteiger partial charge in [0, 0.05) is 11.8 Å². The van der Waals surface area contributed by atoms with Crippen molar-refractivity contribution >= 4 is 0 Å². The highest BCUT2D eigenvalue weighted by Crippen LogP contribution is 2.39. The van der Waals surface area contributed by atoms with Crippen LogP contribution >= 0.6 is 0 Å². The van der Waals surface area contributed by atoms with Crippen LogP contribution in [0.2, 0.25) is 0 Å². The largest absolute Gasteiger partial charge is 0.263 e. The maximum absolute atomic E-state index is 4.75. The van der Waals surface area contributed by atoms with Crippen molar-refractivity contribution in [2.45, 2.75) is 43.9 Å². The fourth-order valence-corrected chi connectivity index (χ4v) is 3.31. The van der Waals surface area contributed by atoms with Crippen LogP contribution in [0.3, 0.4) is 0 Å². The molecule has 3 nitrogen and oxygen atoms in total. The summed E-state index contributed by atoms with van der Waals surface area (Å²) >= 11 is 0. The maximum atomic E-state index is 4.75. The van der Waals surface area contributed by atoms with Crippen molar-refractivity contribution in [3.8, 4) is 0 Å². The summed E-state index contributed by atoms with van der Waals surface area (Å²) in [6.07, 6.45) is 6.30. The molecule has 2 aliphatic carbocycles. The van der Waals surface area contributed by atoms with Crippen molar-refractivity contribution in [1.29, 1.82) is 0 Å². The zero-order valence-electron chi connectivity index (χ0n) is 10.4. The number of nitrogens with one attached hydrogen (secondary N) is 1. The van der Waals surface area contributed by atoms with Crippen LogP contribution < -0.4 is 0 Å². The fraction of sp³-hybridized carbons (Fsp3) is 0.467. The minimum atomic E-state index is 0.448. The molecule has 1 aromatic heterocycles. The molecule has 0 saturated heterocycles. The molecule has 2 aromatic rings. The van der Waals surface area contributed by atoms with E-state index in [1.54, 1.807) is 0 Å². The zero-order chi connectivity index (χ0) is 11.9. The van der Waals surface area contributed by atoms with Crippen LogP contribution in [0.5, 0.6) is 0 Å². The smallest absolute Gasteiger partial charge is 0.153 e. The zero-order valence-corrected chi connectivity index (χ0v) is 10.4. The highest BCUT2D eigenvalue weighted by molar-refractivity contribution is 5.43. The molecule has 4 rings (SSSR count). The molecule has 1 atom stereocenters. The lowest BCUT2D eigenvalue weighted by Gasteiger charge is -2.27. The number of fused-ring (bicyclic) bond motifs is 1. The van der Waals surface area contributed by atoms with Gasteiger partial charge in [0.05, 0.1) is 0 Å². The monoisotopic (exact) mass is 239 g/mol. The predicted molar refractivity (Wildman–Crippen MR) is 69.6 cm³/mol. The summed E-state index contributed by atoms with van der Waals surface area (Å²) in [5.74, 6) is 3.16. The van der Waals surface area contributed by atoms with Gasteiger partial charge in [-0.3, -0.25) is 5.10 Å². The Morgan fingerprint density at radius 1 is 1.11 bits per heavy atom. The Morgan fingerprint density at radius 2 is 1.94 bits per heavy atom. The van der Waals surface area contributed by atoms with Crippen molar-refractivity contribution in [3.05, 3.63) is 47.0 Å². The van der Waals surface area contributed by atoms with Crippen molar-refractivity contribution in [3.63, 3.8) is 0 Å². The van der Waals surface area contributed by atoms with Crippen LogP contribution in [0.25, 0.3) is 0 Å². The minimum absolute atomic E-state index is 0.448. The molecule has 1 fully saturated rings. The van der Waals surface area contributed by atoms with E-state index in [9.17, 15) is 0 Å². The Labute approximate surface area is 107 Å². The van der Waals surface area contributed by atoms with Gasteiger partial charge in [0.25, 0.3) is 0 Å². The highest BCUT2D eigenvalue weighted by Gasteiger charge is 2.30. The lowest BCUT2D eigenvalue weighted by molar-refractivity contribution is 0.654. The van der Waals surface area contributed by atoms with E-state index in [1.165, 1.54) is 36.8 Å². The van der Waals surface area contributed by atoms with Gasteiger partial charge in [0.15, 0.2) is 5.82 Å². The number of hydrogen-bond donors (Lipinski definition) is 1. The van der Waals surface area contributed by atoms with Crippen LogP contribution in [-0.2, 0) is 6.42 Å². The summed E-state index contributed by atoms with van der Waals surface area (Å²) in [4.78, 5) is 4.75. The average Bonchev–Trinajstić information content (AvgIpc) is 3.00. The first-order valence-corrected chi connectivity index (χ1v) is 6.92. The van der Waals surface area contributed by atoms with Crippen LogP contribution in [0, 0.1) is 0 Å².